The van der Waals surface area contributed by atoms with Crippen molar-refractivity contribution in [2.24, 2.45) is 0 Å². The molecule has 2 rings (SSSR count). The molecule has 0 aromatic heterocycles. The lowest BCUT2D eigenvalue weighted by Crippen LogP contribution is -2.43. The van der Waals surface area contributed by atoms with Gasteiger partial charge >= 0.3 is 0 Å². The first kappa shape index (κ1) is 12.1. The number of hydrogen-bond acceptors (Lipinski definition) is 2. The summed E-state index contributed by atoms with van der Waals surface area (Å²) in [6.07, 6.45) is 0.847. The first-order chi connectivity index (χ1) is 8.33. The first-order valence-electron chi connectivity index (χ1n) is 6.24. The van der Waals surface area contributed by atoms with E-state index in [1.165, 1.54) is 0 Å². The van der Waals surface area contributed by atoms with Gasteiger partial charge in [-0.2, -0.15) is 0 Å². The average molecular weight is 233 g/mol. The van der Waals surface area contributed by atoms with Crippen molar-refractivity contribution in [1.29, 1.82) is 0 Å². The monoisotopic (exact) mass is 233 g/mol. The van der Waals surface area contributed by atoms with E-state index in [0.717, 1.165) is 25.1 Å². The third kappa shape index (κ3) is 2.86. The van der Waals surface area contributed by atoms with E-state index in [1.54, 1.807) is 0 Å². The minimum absolute atomic E-state index is 0.00528. The SMILES string of the molecule is CC[C@H](C(=O)N1CCOCC1)c1ccccc1. The van der Waals surface area contributed by atoms with Crippen LogP contribution in [-0.4, -0.2) is 37.1 Å². The van der Waals surface area contributed by atoms with Crippen LogP contribution in [0.25, 0.3) is 0 Å². The summed E-state index contributed by atoms with van der Waals surface area (Å²) in [6, 6.07) is 10.0. The van der Waals surface area contributed by atoms with Crippen LogP contribution in [0.2, 0.25) is 0 Å². The Morgan fingerprint density at radius 1 is 1.29 bits per heavy atom. The molecule has 1 saturated heterocycles. The van der Waals surface area contributed by atoms with Crippen LogP contribution in [0.15, 0.2) is 30.3 Å². The largest absolute Gasteiger partial charge is 0.378 e. The molecule has 1 aromatic rings. The first-order valence-corrected chi connectivity index (χ1v) is 6.24. The number of hydrogen-bond donors (Lipinski definition) is 0. The highest BCUT2D eigenvalue weighted by atomic mass is 16.5. The minimum atomic E-state index is -0.00528. The Bertz CT molecular complexity index is 358. The van der Waals surface area contributed by atoms with Crippen LogP contribution in [0.4, 0.5) is 0 Å². The summed E-state index contributed by atoms with van der Waals surface area (Å²) in [7, 11) is 0. The fourth-order valence-electron chi connectivity index (χ4n) is 2.24. The molecule has 0 N–H and O–H groups in total. The lowest BCUT2D eigenvalue weighted by atomic mass is 9.95. The van der Waals surface area contributed by atoms with E-state index < -0.39 is 0 Å². The molecule has 1 aliphatic heterocycles. The molecule has 92 valence electrons. The van der Waals surface area contributed by atoms with Crippen LogP contribution < -0.4 is 0 Å². The summed E-state index contributed by atoms with van der Waals surface area (Å²) in [5.74, 6) is 0.233. The zero-order valence-corrected chi connectivity index (χ0v) is 10.3. The maximum atomic E-state index is 12.4. The predicted molar refractivity (Wildman–Crippen MR) is 66.9 cm³/mol. The van der Waals surface area contributed by atoms with Crippen molar-refractivity contribution in [3.05, 3.63) is 35.9 Å². The summed E-state index contributed by atoms with van der Waals surface area (Å²) in [4.78, 5) is 14.3. The van der Waals surface area contributed by atoms with Crippen LogP contribution in [-0.2, 0) is 9.53 Å². The predicted octanol–water partition coefficient (Wildman–Crippen LogP) is 2.04. The number of nitrogens with zero attached hydrogens (tertiary/aromatic N) is 1. The Hall–Kier alpha value is -1.35. The van der Waals surface area contributed by atoms with Gasteiger partial charge in [-0.3, -0.25) is 4.79 Å². The van der Waals surface area contributed by atoms with Crippen LogP contribution in [0, 0.1) is 0 Å². The zero-order valence-electron chi connectivity index (χ0n) is 10.3. The second kappa shape index (κ2) is 5.82. The van der Waals surface area contributed by atoms with Crippen LogP contribution in [0.1, 0.15) is 24.8 Å². The van der Waals surface area contributed by atoms with Crippen molar-refractivity contribution in [2.75, 3.05) is 26.3 Å². The van der Waals surface area contributed by atoms with Crippen molar-refractivity contribution in [3.63, 3.8) is 0 Å². The lowest BCUT2D eigenvalue weighted by Gasteiger charge is -2.30. The maximum absolute atomic E-state index is 12.4. The summed E-state index contributed by atoms with van der Waals surface area (Å²) in [5, 5.41) is 0. The molecule has 1 heterocycles. The highest BCUT2D eigenvalue weighted by Gasteiger charge is 2.25. The van der Waals surface area contributed by atoms with Gasteiger partial charge in [-0.05, 0) is 12.0 Å². The Morgan fingerprint density at radius 2 is 1.94 bits per heavy atom. The third-order valence-corrected chi connectivity index (χ3v) is 3.23. The van der Waals surface area contributed by atoms with Crippen molar-refractivity contribution in [3.8, 4) is 0 Å². The van der Waals surface area contributed by atoms with Gasteiger partial charge in [-0.15, -0.1) is 0 Å². The molecule has 3 heteroatoms. The Labute approximate surface area is 102 Å². The van der Waals surface area contributed by atoms with Crippen LogP contribution in [0.5, 0.6) is 0 Å². The Kier molecular flexibility index (Phi) is 4.15. The van der Waals surface area contributed by atoms with E-state index in [2.05, 4.69) is 6.92 Å². The van der Waals surface area contributed by atoms with E-state index in [4.69, 9.17) is 4.74 Å². The quantitative estimate of drug-likeness (QED) is 0.799. The van der Waals surface area contributed by atoms with E-state index in [9.17, 15) is 4.79 Å². The molecule has 17 heavy (non-hydrogen) atoms. The molecule has 0 saturated carbocycles. The summed E-state index contributed by atoms with van der Waals surface area (Å²) >= 11 is 0. The van der Waals surface area contributed by atoms with Gasteiger partial charge in [0.2, 0.25) is 5.91 Å². The minimum Gasteiger partial charge on any atom is -0.378 e. The highest BCUT2D eigenvalue weighted by molar-refractivity contribution is 5.83. The second-order valence-corrected chi connectivity index (χ2v) is 4.31. The molecule has 0 spiro atoms. The molecule has 0 radical (unpaired) electrons. The van der Waals surface area contributed by atoms with Gasteiger partial charge in [0.05, 0.1) is 19.1 Å². The molecule has 0 aliphatic carbocycles. The topological polar surface area (TPSA) is 29.5 Å². The van der Waals surface area contributed by atoms with E-state index >= 15 is 0 Å². The number of rotatable bonds is 3. The van der Waals surface area contributed by atoms with E-state index in [-0.39, 0.29) is 11.8 Å². The molecule has 1 aromatic carbocycles. The Morgan fingerprint density at radius 3 is 2.53 bits per heavy atom. The molecular formula is C14H19NO2. The van der Waals surface area contributed by atoms with Gasteiger partial charge in [-0.1, -0.05) is 37.3 Å². The van der Waals surface area contributed by atoms with Gasteiger partial charge < -0.3 is 9.64 Å². The fraction of sp³-hybridized carbons (Fsp3) is 0.500. The lowest BCUT2D eigenvalue weighted by molar-refractivity contribution is -0.137. The highest BCUT2D eigenvalue weighted by Crippen LogP contribution is 2.22. The third-order valence-electron chi connectivity index (χ3n) is 3.23. The fourth-order valence-corrected chi connectivity index (χ4v) is 2.24. The van der Waals surface area contributed by atoms with Gasteiger partial charge in [-0.25, -0.2) is 0 Å². The number of carbonyl (C=O) groups excluding carboxylic acids is 1. The second-order valence-electron chi connectivity index (χ2n) is 4.31. The molecular weight excluding hydrogens is 214 g/mol. The Balaban J connectivity index is 2.10. The van der Waals surface area contributed by atoms with Crippen molar-refractivity contribution in [2.45, 2.75) is 19.3 Å². The summed E-state index contributed by atoms with van der Waals surface area (Å²) in [5.41, 5.74) is 1.12. The number of morpholine rings is 1. The van der Waals surface area contributed by atoms with Gasteiger partial charge in [0.1, 0.15) is 0 Å². The van der Waals surface area contributed by atoms with Crippen LogP contribution >= 0.6 is 0 Å². The molecule has 3 nitrogen and oxygen atoms in total. The summed E-state index contributed by atoms with van der Waals surface area (Å²) in [6.45, 7) is 4.84. The molecule has 1 fully saturated rings. The summed E-state index contributed by atoms with van der Waals surface area (Å²) < 4.78 is 5.28. The van der Waals surface area contributed by atoms with Crippen molar-refractivity contribution >= 4 is 5.91 Å². The number of benzene rings is 1. The number of amides is 1. The maximum Gasteiger partial charge on any atom is 0.230 e. The van der Waals surface area contributed by atoms with Gasteiger partial charge in [0, 0.05) is 13.1 Å². The average Bonchev–Trinajstić information content (AvgIpc) is 2.42. The number of ether oxygens (including phenoxy) is 1. The number of carbonyl (C=O) groups is 1. The normalized spacial score (nSPS) is 17.8. The van der Waals surface area contributed by atoms with Crippen LogP contribution in [0.3, 0.4) is 0 Å². The van der Waals surface area contributed by atoms with E-state index in [1.807, 2.05) is 35.2 Å². The zero-order chi connectivity index (χ0) is 12.1. The van der Waals surface area contributed by atoms with Gasteiger partial charge in [0.25, 0.3) is 0 Å². The standard InChI is InChI=1S/C14H19NO2/c1-2-13(12-6-4-3-5-7-12)14(16)15-8-10-17-11-9-15/h3-7,13H,2,8-11H2,1H3/t13-/m0/s1. The molecule has 1 amide bonds. The smallest absolute Gasteiger partial charge is 0.230 e. The molecule has 0 unspecified atom stereocenters. The van der Waals surface area contributed by atoms with E-state index in [0.29, 0.717) is 13.2 Å². The molecule has 1 aliphatic rings. The van der Waals surface area contributed by atoms with Gasteiger partial charge in [0.15, 0.2) is 0 Å². The van der Waals surface area contributed by atoms with Crippen molar-refractivity contribution in [1.82, 2.24) is 4.90 Å². The molecule has 0 bridgehead atoms. The van der Waals surface area contributed by atoms with Crippen molar-refractivity contribution < 1.29 is 9.53 Å². The molecule has 1 atom stereocenters.